The van der Waals surface area contributed by atoms with Gasteiger partial charge in [-0.15, -0.1) is 0 Å². The molecule has 0 spiro atoms. The van der Waals surface area contributed by atoms with E-state index in [1.165, 1.54) is 36.4 Å². The molecular weight excluding hydrogens is 455 g/mol. The van der Waals surface area contributed by atoms with E-state index >= 15 is 0 Å². The Kier molecular flexibility index (Phi) is 11.0. The average Bonchev–Trinajstić information content (AvgIpc) is 3.21. The van der Waals surface area contributed by atoms with Crippen LogP contribution in [0.1, 0.15) is 63.1 Å². The Balaban J connectivity index is 0.00000109. The molecule has 2 unspecified atom stereocenters. The number of nitrogens with two attached hydrogens (primary N) is 1. The quantitative estimate of drug-likeness (QED) is 0.408. The van der Waals surface area contributed by atoms with Crippen molar-refractivity contribution in [2.75, 3.05) is 7.05 Å². The molecule has 36 heavy (non-hydrogen) atoms. The number of benzene rings is 2. The third-order valence-electron chi connectivity index (χ3n) is 7.45. The summed E-state index contributed by atoms with van der Waals surface area (Å²) in [5.74, 6) is -1.35. The highest BCUT2D eigenvalue weighted by Crippen LogP contribution is 2.55. The number of halogens is 3. The van der Waals surface area contributed by atoms with Crippen molar-refractivity contribution in [3.63, 3.8) is 0 Å². The molecule has 0 amide bonds. The van der Waals surface area contributed by atoms with Crippen molar-refractivity contribution >= 4 is 6.08 Å². The van der Waals surface area contributed by atoms with E-state index in [-0.39, 0.29) is 11.2 Å². The van der Waals surface area contributed by atoms with Crippen molar-refractivity contribution in [1.82, 2.24) is 0 Å². The Labute approximate surface area is 215 Å². The van der Waals surface area contributed by atoms with Crippen LogP contribution in [0.5, 0.6) is 0 Å². The Bertz CT molecular complexity index is 1130. The van der Waals surface area contributed by atoms with Crippen LogP contribution in [0.4, 0.5) is 13.2 Å². The smallest absolute Gasteiger partial charge is 0.159 e. The molecule has 0 heterocycles. The number of hydrogen-bond donors (Lipinski definition) is 1. The lowest BCUT2D eigenvalue weighted by Gasteiger charge is -2.37. The molecule has 0 aliphatic heterocycles. The van der Waals surface area contributed by atoms with E-state index in [4.69, 9.17) is 0 Å². The summed E-state index contributed by atoms with van der Waals surface area (Å²) in [6.07, 6.45) is 11.2. The Morgan fingerprint density at radius 2 is 1.72 bits per heavy atom. The predicted octanol–water partition coefficient (Wildman–Crippen LogP) is 8.75. The molecule has 1 nitrogen and oxygen atoms in total. The van der Waals surface area contributed by atoms with Gasteiger partial charge in [0.15, 0.2) is 11.6 Å². The lowest BCUT2D eigenvalue weighted by molar-refractivity contribution is 0.255. The largest absolute Gasteiger partial charge is 0.333 e. The summed E-state index contributed by atoms with van der Waals surface area (Å²) in [5.41, 5.74) is 10.7. The molecule has 0 bridgehead atoms. The minimum Gasteiger partial charge on any atom is -0.333 e. The predicted molar refractivity (Wildman–Crippen MR) is 147 cm³/mol. The summed E-state index contributed by atoms with van der Waals surface area (Å²) in [6, 6.07) is 9.35. The maximum atomic E-state index is 14.1. The van der Waals surface area contributed by atoms with Crippen LogP contribution in [-0.2, 0) is 12.8 Å². The molecule has 2 aromatic rings. The minimum atomic E-state index is -0.821. The standard InChI is InChI=1S/C29H29F3.C2H6.CH5N/c1-4-20-18-29(3)23(11-10-21-7-6-8-26(30)25(21)5-2)12-13-24(29)17-22(20)15-19-9-14-27(31)28(32)16-19;2*1-2/h4-9,14,16-17,23H,1-2,10-13,15,18H2,3H3;1-2H3;2H2,1H3. The summed E-state index contributed by atoms with van der Waals surface area (Å²) in [6.45, 7) is 14.1. The Morgan fingerprint density at radius 1 is 1.00 bits per heavy atom. The fourth-order valence-electron chi connectivity index (χ4n) is 5.56. The summed E-state index contributed by atoms with van der Waals surface area (Å²) in [7, 11) is 1.50. The molecule has 2 aromatic carbocycles. The number of aryl methyl sites for hydroxylation is 1. The summed E-state index contributed by atoms with van der Waals surface area (Å²) < 4.78 is 41.1. The van der Waals surface area contributed by atoms with Gasteiger partial charge in [-0.25, -0.2) is 13.2 Å². The van der Waals surface area contributed by atoms with Gasteiger partial charge >= 0.3 is 0 Å². The summed E-state index contributed by atoms with van der Waals surface area (Å²) >= 11 is 0. The van der Waals surface area contributed by atoms with Crippen molar-refractivity contribution in [2.45, 2.75) is 59.3 Å². The number of hydrogen-bond acceptors (Lipinski definition) is 1. The van der Waals surface area contributed by atoms with Crippen LogP contribution in [0.3, 0.4) is 0 Å². The Morgan fingerprint density at radius 3 is 2.36 bits per heavy atom. The maximum absolute atomic E-state index is 14.1. The first-order valence-electron chi connectivity index (χ1n) is 12.8. The molecular formula is C32H40F3N. The van der Waals surface area contributed by atoms with Crippen molar-refractivity contribution in [3.8, 4) is 0 Å². The zero-order valence-corrected chi connectivity index (χ0v) is 22.1. The fourth-order valence-corrected chi connectivity index (χ4v) is 5.56. The maximum Gasteiger partial charge on any atom is 0.159 e. The van der Waals surface area contributed by atoms with Gasteiger partial charge in [0.2, 0.25) is 0 Å². The van der Waals surface area contributed by atoms with E-state index in [2.05, 4.69) is 31.9 Å². The number of fused-ring (bicyclic) bond motifs is 1. The van der Waals surface area contributed by atoms with Gasteiger partial charge in [0.1, 0.15) is 5.82 Å². The third-order valence-corrected chi connectivity index (χ3v) is 7.45. The van der Waals surface area contributed by atoms with E-state index < -0.39 is 11.6 Å². The second-order valence-electron chi connectivity index (χ2n) is 9.23. The third kappa shape index (κ3) is 6.28. The first kappa shape index (κ1) is 29.4. The van der Waals surface area contributed by atoms with Gasteiger partial charge in [-0.2, -0.15) is 0 Å². The van der Waals surface area contributed by atoms with E-state index in [1.807, 2.05) is 26.0 Å². The highest BCUT2D eigenvalue weighted by Gasteiger charge is 2.44. The number of allylic oxidation sites excluding steroid dienone is 5. The van der Waals surface area contributed by atoms with Gasteiger partial charge in [-0.1, -0.05) is 75.9 Å². The molecule has 2 aliphatic rings. The molecule has 0 radical (unpaired) electrons. The first-order valence-corrected chi connectivity index (χ1v) is 12.8. The van der Waals surface area contributed by atoms with Crippen LogP contribution >= 0.6 is 0 Å². The van der Waals surface area contributed by atoms with Gasteiger partial charge < -0.3 is 5.73 Å². The lowest BCUT2D eigenvalue weighted by Crippen LogP contribution is -2.27. The normalized spacial score (nSPS) is 20.3. The highest BCUT2D eigenvalue weighted by molar-refractivity contribution is 5.53. The molecule has 0 saturated heterocycles. The molecule has 2 atom stereocenters. The van der Waals surface area contributed by atoms with Gasteiger partial charge in [0.25, 0.3) is 0 Å². The zero-order valence-electron chi connectivity index (χ0n) is 22.1. The second kappa shape index (κ2) is 13.5. The first-order chi connectivity index (χ1) is 17.4. The summed E-state index contributed by atoms with van der Waals surface area (Å²) in [4.78, 5) is 0. The van der Waals surface area contributed by atoms with Gasteiger partial charge in [0.05, 0.1) is 0 Å². The lowest BCUT2D eigenvalue weighted by atomic mass is 9.67. The molecule has 1 saturated carbocycles. The minimum absolute atomic E-state index is 0.0444. The molecule has 1 fully saturated rings. The molecule has 194 valence electrons. The monoisotopic (exact) mass is 495 g/mol. The van der Waals surface area contributed by atoms with Crippen LogP contribution in [0.15, 0.2) is 78.4 Å². The van der Waals surface area contributed by atoms with Crippen molar-refractivity contribution in [1.29, 1.82) is 0 Å². The van der Waals surface area contributed by atoms with E-state index in [0.717, 1.165) is 48.8 Å². The molecule has 2 aliphatic carbocycles. The topological polar surface area (TPSA) is 26.0 Å². The van der Waals surface area contributed by atoms with E-state index in [0.29, 0.717) is 17.9 Å². The van der Waals surface area contributed by atoms with E-state index in [1.54, 1.807) is 18.2 Å². The average molecular weight is 496 g/mol. The molecule has 2 N–H and O–H groups in total. The van der Waals surface area contributed by atoms with Crippen LogP contribution < -0.4 is 5.73 Å². The second-order valence-corrected chi connectivity index (χ2v) is 9.23. The van der Waals surface area contributed by atoms with E-state index in [9.17, 15) is 13.2 Å². The van der Waals surface area contributed by atoms with Crippen LogP contribution in [0.25, 0.3) is 6.08 Å². The van der Waals surface area contributed by atoms with Crippen LogP contribution in [-0.4, -0.2) is 7.05 Å². The van der Waals surface area contributed by atoms with Crippen molar-refractivity contribution in [3.05, 3.63) is 113 Å². The van der Waals surface area contributed by atoms with Crippen molar-refractivity contribution in [2.24, 2.45) is 17.1 Å². The van der Waals surface area contributed by atoms with Crippen LogP contribution in [0.2, 0.25) is 0 Å². The molecule has 4 rings (SSSR count). The molecule has 0 aromatic heterocycles. The van der Waals surface area contributed by atoms with Gasteiger partial charge in [-0.3, -0.25) is 0 Å². The Hall–Kier alpha value is -2.85. The number of rotatable bonds is 7. The highest BCUT2D eigenvalue weighted by atomic mass is 19.2. The van der Waals surface area contributed by atoms with Crippen molar-refractivity contribution < 1.29 is 13.2 Å². The SMILES string of the molecule is C=CC1=C(Cc2ccc(F)c(F)c2)C=C2CCC(CCc3cccc(F)c3C=C)C2(C)C1.CC.CN. The van der Waals surface area contributed by atoms with Crippen LogP contribution in [0, 0.1) is 28.8 Å². The molecule has 4 heteroatoms. The zero-order chi connectivity index (χ0) is 26.9. The summed E-state index contributed by atoms with van der Waals surface area (Å²) in [5, 5.41) is 0. The van der Waals surface area contributed by atoms with Gasteiger partial charge in [0, 0.05) is 5.56 Å². The van der Waals surface area contributed by atoms with Gasteiger partial charge in [-0.05, 0) is 97.4 Å². The fraction of sp³-hybridized carbons (Fsp3) is 0.375.